The van der Waals surface area contributed by atoms with Crippen LogP contribution < -0.4 is 0 Å². The highest BCUT2D eigenvalue weighted by Crippen LogP contribution is 2.39. The zero-order chi connectivity index (χ0) is 15.9. The zero-order valence-corrected chi connectivity index (χ0v) is 14.1. The van der Waals surface area contributed by atoms with Crippen LogP contribution in [0.15, 0.2) is 36.4 Å². The van der Waals surface area contributed by atoms with Crippen molar-refractivity contribution in [3.8, 4) is 10.4 Å². The summed E-state index contributed by atoms with van der Waals surface area (Å²) in [5, 5.41) is 8.04. The van der Waals surface area contributed by atoms with Gasteiger partial charge >= 0.3 is 0 Å². The van der Waals surface area contributed by atoms with Gasteiger partial charge in [0.15, 0.2) is 0 Å². The zero-order valence-electron chi connectivity index (χ0n) is 12.5. The van der Waals surface area contributed by atoms with E-state index in [0.717, 1.165) is 20.3 Å². The Kier molecular flexibility index (Phi) is 3.83. The quantitative estimate of drug-likeness (QED) is 0.861. The number of likely N-dealkylation sites (tertiary alicyclic amines) is 1. The standard InChI is InChI=1S/C17H17ClN2OS/c1-17(9-15(19)20(2)16(21)10-17)12-5-3-4-11(8-12)13-6-7-14(18)22-13/h3-8,19H,9-10H2,1-2H3/t17-/m0/s1. The fraction of sp³-hybridized carbons (Fsp3) is 0.294. The molecule has 0 spiro atoms. The molecule has 1 aromatic heterocycles. The summed E-state index contributed by atoms with van der Waals surface area (Å²) >= 11 is 7.57. The number of benzene rings is 1. The van der Waals surface area contributed by atoms with Crippen molar-refractivity contribution in [2.75, 3.05) is 7.05 Å². The Hall–Kier alpha value is -1.65. The van der Waals surface area contributed by atoms with Crippen molar-refractivity contribution in [2.24, 2.45) is 0 Å². The van der Waals surface area contributed by atoms with Crippen LogP contribution >= 0.6 is 22.9 Å². The molecule has 2 heterocycles. The van der Waals surface area contributed by atoms with Gasteiger partial charge in [-0.1, -0.05) is 36.7 Å². The smallest absolute Gasteiger partial charge is 0.228 e. The molecule has 2 aromatic rings. The molecule has 0 saturated carbocycles. The number of hydrogen-bond donors (Lipinski definition) is 1. The molecule has 0 unspecified atom stereocenters. The maximum absolute atomic E-state index is 12.1. The first-order valence-corrected chi connectivity index (χ1v) is 8.29. The maximum Gasteiger partial charge on any atom is 0.228 e. The molecule has 1 amide bonds. The Labute approximate surface area is 139 Å². The van der Waals surface area contributed by atoms with Crippen molar-refractivity contribution < 1.29 is 4.79 Å². The highest BCUT2D eigenvalue weighted by atomic mass is 35.5. The normalized spacial score (nSPS) is 22.2. The predicted molar refractivity (Wildman–Crippen MR) is 91.8 cm³/mol. The Morgan fingerprint density at radius 1 is 1.27 bits per heavy atom. The topological polar surface area (TPSA) is 44.2 Å². The van der Waals surface area contributed by atoms with Crippen molar-refractivity contribution in [2.45, 2.75) is 25.2 Å². The summed E-state index contributed by atoms with van der Waals surface area (Å²) in [5.41, 5.74) is 1.88. The van der Waals surface area contributed by atoms with E-state index >= 15 is 0 Å². The van der Waals surface area contributed by atoms with Gasteiger partial charge in [-0.25, -0.2) is 0 Å². The van der Waals surface area contributed by atoms with Gasteiger partial charge < -0.3 is 4.90 Å². The third-order valence-corrected chi connectivity index (χ3v) is 5.58. The fourth-order valence-corrected chi connectivity index (χ4v) is 3.91. The summed E-state index contributed by atoms with van der Waals surface area (Å²) in [5.74, 6) is 0.381. The van der Waals surface area contributed by atoms with Gasteiger partial charge in [0.2, 0.25) is 5.91 Å². The lowest BCUT2D eigenvalue weighted by atomic mass is 9.73. The second-order valence-corrected chi connectivity index (χ2v) is 7.71. The van der Waals surface area contributed by atoms with Crippen molar-refractivity contribution in [3.05, 3.63) is 46.3 Å². The van der Waals surface area contributed by atoms with E-state index in [4.69, 9.17) is 17.0 Å². The summed E-state index contributed by atoms with van der Waals surface area (Å²) in [6.45, 7) is 2.06. The number of nitrogens with one attached hydrogen (secondary N) is 1. The molecule has 114 valence electrons. The van der Waals surface area contributed by atoms with Crippen molar-refractivity contribution in [3.63, 3.8) is 0 Å². The Bertz CT molecular complexity index is 735. The molecule has 22 heavy (non-hydrogen) atoms. The molecule has 0 aliphatic carbocycles. The second-order valence-electron chi connectivity index (χ2n) is 6.00. The number of carbonyl (C=O) groups excluding carboxylic acids is 1. The minimum absolute atomic E-state index is 0.00308. The molecular formula is C17H17ClN2OS. The number of amidine groups is 1. The number of amides is 1. The first-order valence-electron chi connectivity index (χ1n) is 7.09. The van der Waals surface area contributed by atoms with Gasteiger partial charge in [0.25, 0.3) is 0 Å². The van der Waals surface area contributed by atoms with Gasteiger partial charge in [0.1, 0.15) is 5.84 Å². The first kappa shape index (κ1) is 15.3. The Morgan fingerprint density at radius 3 is 2.68 bits per heavy atom. The summed E-state index contributed by atoms with van der Waals surface area (Å²) in [6.07, 6.45) is 1.00. The van der Waals surface area contributed by atoms with Crippen molar-refractivity contribution >= 4 is 34.7 Å². The molecule has 1 fully saturated rings. The average Bonchev–Trinajstić information content (AvgIpc) is 2.91. The molecule has 0 radical (unpaired) electrons. The van der Waals surface area contributed by atoms with Gasteiger partial charge in [0, 0.05) is 30.2 Å². The van der Waals surface area contributed by atoms with E-state index in [-0.39, 0.29) is 11.3 Å². The van der Waals surface area contributed by atoms with Crippen molar-refractivity contribution in [1.29, 1.82) is 5.41 Å². The van der Waals surface area contributed by atoms with E-state index in [1.165, 1.54) is 4.90 Å². The maximum atomic E-state index is 12.1. The largest absolute Gasteiger partial charge is 0.304 e. The molecule has 5 heteroatoms. The van der Waals surface area contributed by atoms with E-state index < -0.39 is 0 Å². The second kappa shape index (κ2) is 5.52. The van der Waals surface area contributed by atoms with Crippen LogP contribution in [0.5, 0.6) is 0 Å². The van der Waals surface area contributed by atoms with Crippen LogP contribution in [0.25, 0.3) is 10.4 Å². The van der Waals surface area contributed by atoms with Gasteiger partial charge in [0.05, 0.1) is 4.34 Å². The van der Waals surface area contributed by atoms with E-state index in [2.05, 4.69) is 19.1 Å². The summed E-state index contributed by atoms with van der Waals surface area (Å²) in [7, 11) is 1.67. The van der Waals surface area contributed by atoms with Crippen LogP contribution in [-0.2, 0) is 10.2 Å². The van der Waals surface area contributed by atoms with Crippen LogP contribution in [0.3, 0.4) is 0 Å². The van der Waals surface area contributed by atoms with Crippen LogP contribution in [0, 0.1) is 5.41 Å². The van der Waals surface area contributed by atoms with E-state index in [9.17, 15) is 4.79 Å². The van der Waals surface area contributed by atoms with Gasteiger partial charge in [-0.2, -0.15) is 0 Å². The average molecular weight is 333 g/mol. The van der Waals surface area contributed by atoms with Gasteiger partial charge in [-0.15, -0.1) is 11.3 Å². The van der Waals surface area contributed by atoms with Gasteiger partial charge in [-0.3, -0.25) is 10.2 Å². The van der Waals surface area contributed by atoms with Gasteiger partial charge in [-0.05, 0) is 29.3 Å². The molecule has 3 rings (SSSR count). The number of nitrogens with zero attached hydrogens (tertiary/aromatic N) is 1. The number of thiophene rings is 1. The molecule has 0 bridgehead atoms. The summed E-state index contributed by atoms with van der Waals surface area (Å²) in [6, 6.07) is 12.1. The monoisotopic (exact) mass is 332 g/mol. The number of carbonyl (C=O) groups is 1. The lowest BCUT2D eigenvalue weighted by Crippen LogP contribution is -2.46. The highest BCUT2D eigenvalue weighted by Gasteiger charge is 2.38. The van der Waals surface area contributed by atoms with Crippen LogP contribution in [-0.4, -0.2) is 23.7 Å². The third-order valence-electron chi connectivity index (χ3n) is 4.30. The minimum Gasteiger partial charge on any atom is -0.304 e. The van der Waals surface area contributed by atoms with Crippen LogP contribution in [0.1, 0.15) is 25.3 Å². The SMILES string of the molecule is CN1C(=N)C[C@](C)(c2cccc(-c3ccc(Cl)s3)c2)CC1=O. The summed E-state index contributed by atoms with van der Waals surface area (Å²) < 4.78 is 0.767. The molecule has 1 aliphatic heterocycles. The molecule has 1 aliphatic rings. The van der Waals surface area contributed by atoms with E-state index in [1.54, 1.807) is 18.4 Å². The fourth-order valence-electron chi connectivity index (χ4n) is 2.87. The minimum atomic E-state index is -0.322. The molecule has 1 saturated heterocycles. The van der Waals surface area contributed by atoms with Crippen LogP contribution in [0.4, 0.5) is 0 Å². The van der Waals surface area contributed by atoms with E-state index in [1.807, 2.05) is 24.3 Å². The number of piperidine rings is 1. The predicted octanol–water partition coefficient (Wildman–Crippen LogP) is 4.56. The molecule has 1 aromatic carbocycles. The highest BCUT2D eigenvalue weighted by molar-refractivity contribution is 7.19. The lowest BCUT2D eigenvalue weighted by molar-refractivity contribution is -0.128. The molecule has 3 nitrogen and oxygen atoms in total. The Morgan fingerprint density at radius 2 is 2.05 bits per heavy atom. The van der Waals surface area contributed by atoms with Crippen LogP contribution in [0.2, 0.25) is 4.34 Å². The lowest BCUT2D eigenvalue weighted by Gasteiger charge is -2.38. The number of rotatable bonds is 2. The molecule has 1 atom stereocenters. The molecule has 1 N–H and O–H groups in total. The summed E-state index contributed by atoms with van der Waals surface area (Å²) in [4.78, 5) is 14.7. The number of hydrogen-bond acceptors (Lipinski definition) is 3. The number of halogens is 1. The first-order chi connectivity index (χ1) is 10.4. The Balaban J connectivity index is 1.98. The molecular weight excluding hydrogens is 316 g/mol. The third kappa shape index (κ3) is 2.69. The van der Waals surface area contributed by atoms with E-state index in [0.29, 0.717) is 18.7 Å². The van der Waals surface area contributed by atoms with Crippen molar-refractivity contribution in [1.82, 2.24) is 4.90 Å².